The summed E-state index contributed by atoms with van der Waals surface area (Å²) >= 11 is 0. The Morgan fingerprint density at radius 2 is 2.10 bits per heavy atom. The molecule has 1 aromatic rings. The highest BCUT2D eigenvalue weighted by Gasteiger charge is 2.27. The molecule has 0 aliphatic carbocycles. The minimum Gasteiger partial charge on any atom is -0.469 e. The molecular formula is C21H38IN5O2. The Morgan fingerprint density at radius 3 is 2.76 bits per heavy atom. The second-order valence-corrected chi connectivity index (χ2v) is 7.97. The van der Waals surface area contributed by atoms with Gasteiger partial charge in [0.25, 0.3) is 0 Å². The second kappa shape index (κ2) is 13.1. The number of nitrogens with one attached hydrogen (secondary N) is 3. The molecule has 29 heavy (non-hydrogen) atoms. The molecule has 1 unspecified atom stereocenters. The number of furan rings is 1. The van der Waals surface area contributed by atoms with Crippen LogP contribution in [0.3, 0.4) is 0 Å². The zero-order valence-electron chi connectivity index (χ0n) is 18.3. The summed E-state index contributed by atoms with van der Waals surface area (Å²) in [5.41, 5.74) is -0.547. The number of rotatable bonds is 10. The molecule has 1 amide bonds. The van der Waals surface area contributed by atoms with Gasteiger partial charge in [-0.1, -0.05) is 6.92 Å². The van der Waals surface area contributed by atoms with Crippen LogP contribution < -0.4 is 16.0 Å². The third-order valence-corrected chi connectivity index (χ3v) is 5.24. The van der Waals surface area contributed by atoms with Gasteiger partial charge in [-0.05, 0) is 58.8 Å². The van der Waals surface area contributed by atoms with E-state index >= 15 is 0 Å². The predicted octanol–water partition coefficient (Wildman–Crippen LogP) is 2.62. The molecule has 2 heterocycles. The highest BCUT2D eigenvalue weighted by molar-refractivity contribution is 14.0. The van der Waals surface area contributed by atoms with Crippen molar-refractivity contribution < 1.29 is 9.21 Å². The molecule has 1 fully saturated rings. The molecule has 1 aromatic heterocycles. The molecule has 8 heteroatoms. The van der Waals surface area contributed by atoms with E-state index in [0.29, 0.717) is 19.1 Å². The molecule has 0 bridgehead atoms. The Balaban J connectivity index is 0.00000420. The molecule has 166 valence electrons. The fourth-order valence-electron chi connectivity index (χ4n) is 3.44. The number of aliphatic imine (C=N–C) groups is 1. The van der Waals surface area contributed by atoms with Crippen LogP contribution in [0, 0.1) is 5.41 Å². The molecule has 1 atom stereocenters. The number of carbonyl (C=O) groups is 1. The van der Waals surface area contributed by atoms with Gasteiger partial charge in [0.15, 0.2) is 5.96 Å². The number of likely N-dealkylation sites (N-methyl/N-ethyl adjacent to an activating group) is 1. The molecular weight excluding hydrogens is 481 g/mol. The molecule has 2 rings (SSSR count). The van der Waals surface area contributed by atoms with E-state index in [9.17, 15) is 4.79 Å². The van der Waals surface area contributed by atoms with E-state index in [0.717, 1.165) is 37.8 Å². The maximum atomic E-state index is 12.3. The minimum absolute atomic E-state index is 0. The van der Waals surface area contributed by atoms with Gasteiger partial charge in [-0.25, -0.2) is 0 Å². The van der Waals surface area contributed by atoms with Gasteiger partial charge in [0.1, 0.15) is 5.76 Å². The Labute approximate surface area is 192 Å². The van der Waals surface area contributed by atoms with Gasteiger partial charge in [0.05, 0.1) is 18.2 Å². The van der Waals surface area contributed by atoms with Crippen molar-refractivity contribution in [2.75, 3.05) is 39.3 Å². The fourth-order valence-corrected chi connectivity index (χ4v) is 3.44. The van der Waals surface area contributed by atoms with Gasteiger partial charge in [0, 0.05) is 32.1 Å². The van der Waals surface area contributed by atoms with Gasteiger partial charge >= 0.3 is 0 Å². The molecule has 0 radical (unpaired) electrons. The van der Waals surface area contributed by atoms with E-state index in [2.05, 4.69) is 27.8 Å². The lowest BCUT2D eigenvalue weighted by molar-refractivity contribution is -0.128. The third kappa shape index (κ3) is 8.54. The summed E-state index contributed by atoms with van der Waals surface area (Å²) in [5.74, 6) is 1.73. The molecule has 1 aliphatic heterocycles. The number of halogens is 1. The van der Waals surface area contributed by atoms with Gasteiger partial charge in [-0.3, -0.25) is 14.7 Å². The van der Waals surface area contributed by atoms with E-state index in [-0.39, 0.29) is 29.9 Å². The minimum atomic E-state index is -0.547. The highest BCUT2D eigenvalue weighted by Crippen LogP contribution is 2.16. The summed E-state index contributed by atoms with van der Waals surface area (Å²) in [4.78, 5) is 19.5. The number of amides is 1. The number of hydrogen-bond acceptors (Lipinski definition) is 4. The lowest BCUT2D eigenvalue weighted by Crippen LogP contribution is -2.46. The predicted molar refractivity (Wildman–Crippen MR) is 129 cm³/mol. The third-order valence-electron chi connectivity index (χ3n) is 5.24. The van der Waals surface area contributed by atoms with Crippen LogP contribution in [0.15, 0.2) is 27.8 Å². The van der Waals surface area contributed by atoms with Crippen LogP contribution in [-0.2, 0) is 11.2 Å². The van der Waals surface area contributed by atoms with Crippen LogP contribution in [0.5, 0.6) is 0 Å². The zero-order chi connectivity index (χ0) is 20.4. The number of hydrogen-bond donors (Lipinski definition) is 3. The van der Waals surface area contributed by atoms with Crippen LogP contribution in [0.1, 0.15) is 46.3 Å². The zero-order valence-corrected chi connectivity index (χ0v) is 20.6. The van der Waals surface area contributed by atoms with Crippen LogP contribution in [0.4, 0.5) is 0 Å². The van der Waals surface area contributed by atoms with Crippen molar-refractivity contribution in [3.8, 4) is 0 Å². The first-order chi connectivity index (χ1) is 13.5. The topological polar surface area (TPSA) is 81.9 Å². The Kier molecular flexibility index (Phi) is 11.6. The summed E-state index contributed by atoms with van der Waals surface area (Å²) in [6.07, 6.45) is 4.95. The molecule has 7 nitrogen and oxygen atoms in total. The normalized spacial score (nSPS) is 17.7. The van der Waals surface area contributed by atoms with Gasteiger partial charge in [0.2, 0.25) is 5.91 Å². The quantitative estimate of drug-likeness (QED) is 0.252. The van der Waals surface area contributed by atoms with Gasteiger partial charge in [-0.2, -0.15) is 0 Å². The highest BCUT2D eigenvalue weighted by atomic mass is 127. The lowest BCUT2D eigenvalue weighted by Gasteiger charge is -2.25. The Bertz CT molecular complexity index is 619. The summed E-state index contributed by atoms with van der Waals surface area (Å²) in [6.45, 7) is 12.9. The first-order valence-corrected chi connectivity index (χ1v) is 10.5. The van der Waals surface area contributed by atoms with Crippen LogP contribution in [0.25, 0.3) is 0 Å². The van der Waals surface area contributed by atoms with Crippen molar-refractivity contribution in [3.63, 3.8) is 0 Å². The summed E-state index contributed by atoms with van der Waals surface area (Å²) in [6, 6.07) is 4.41. The maximum Gasteiger partial charge on any atom is 0.227 e. The summed E-state index contributed by atoms with van der Waals surface area (Å²) in [5, 5.41) is 9.76. The van der Waals surface area contributed by atoms with E-state index in [1.165, 1.54) is 19.4 Å². The average molecular weight is 519 g/mol. The first-order valence-electron chi connectivity index (χ1n) is 10.5. The van der Waals surface area contributed by atoms with Gasteiger partial charge < -0.3 is 20.4 Å². The summed E-state index contributed by atoms with van der Waals surface area (Å²) < 4.78 is 5.40. The van der Waals surface area contributed by atoms with E-state index in [1.807, 2.05) is 32.9 Å². The maximum absolute atomic E-state index is 12.3. The van der Waals surface area contributed by atoms with Crippen molar-refractivity contribution in [3.05, 3.63) is 24.2 Å². The SMILES string of the molecule is CCNC(=O)C(C)(C)CN=C(NCCc1ccco1)NCC1CCCN1CC.I. The van der Waals surface area contributed by atoms with Crippen molar-refractivity contribution in [1.82, 2.24) is 20.9 Å². The Morgan fingerprint density at radius 1 is 1.31 bits per heavy atom. The van der Waals surface area contributed by atoms with Crippen LogP contribution in [-0.4, -0.2) is 62.1 Å². The molecule has 1 saturated heterocycles. The van der Waals surface area contributed by atoms with Crippen LogP contribution in [0.2, 0.25) is 0 Å². The van der Waals surface area contributed by atoms with Crippen molar-refractivity contribution in [2.24, 2.45) is 10.4 Å². The number of likely N-dealkylation sites (tertiary alicyclic amines) is 1. The monoisotopic (exact) mass is 519 g/mol. The lowest BCUT2D eigenvalue weighted by atomic mass is 9.92. The Hall–Kier alpha value is -1.29. The van der Waals surface area contributed by atoms with Crippen molar-refractivity contribution >= 4 is 35.8 Å². The average Bonchev–Trinajstić information content (AvgIpc) is 3.35. The smallest absolute Gasteiger partial charge is 0.227 e. The molecule has 0 saturated carbocycles. The molecule has 0 spiro atoms. The van der Waals surface area contributed by atoms with Crippen LogP contribution >= 0.6 is 24.0 Å². The largest absolute Gasteiger partial charge is 0.469 e. The fraction of sp³-hybridized carbons (Fsp3) is 0.714. The number of carbonyl (C=O) groups excluding carboxylic acids is 1. The first kappa shape index (κ1) is 25.7. The number of nitrogens with zero attached hydrogens (tertiary/aromatic N) is 2. The van der Waals surface area contributed by atoms with Crippen molar-refractivity contribution in [2.45, 2.75) is 53.0 Å². The molecule has 3 N–H and O–H groups in total. The van der Waals surface area contributed by atoms with Crippen molar-refractivity contribution in [1.29, 1.82) is 0 Å². The standard InChI is InChI=1S/C21H37N5O2.HI/c1-5-22-19(27)21(3,4)16-25-20(23-12-11-18-10-8-14-28-18)24-15-17-9-7-13-26(17)6-2;/h8,10,14,17H,5-7,9,11-13,15-16H2,1-4H3,(H,22,27)(H2,23,24,25);1H. The molecule has 0 aromatic carbocycles. The van der Waals surface area contributed by atoms with E-state index in [1.54, 1.807) is 6.26 Å². The number of guanidine groups is 1. The second-order valence-electron chi connectivity index (χ2n) is 7.97. The van der Waals surface area contributed by atoms with E-state index < -0.39 is 5.41 Å². The van der Waals surface area contributed by atoms with Gasteiger partial charge in [-0.15, -0.1) is 24.0 Å². The van der Waals surface area contributed by atoms with E-state index in [4.69, 9.17) is 9.41 Å². The summed E-state index contributed by atoms with van der Waals surface area (Å²) in [7, 11) is 0. The molecule has 1 aliphatic rings.